The van der Waals surface area contributed by atoms with Crippen LogP contribution in [0.2, 0.25) is 0 Å². The van der Waals surface area contributed by atoms with E-state index in [0.717, 1.165) is 16.7 Å². The second kappa shape index (κ2) is 17.2. The fourth-order valence-electron chi connectivity index (χ4n) is 3.89. The van der Waals surface area contributed by atoms with Gasteiger partial charge in [0.15, 0.2) is 0 Å². The fraction of sp³-hybridized carbons (Fsp3) is 0.312. The van der Waals surface area contributed by atoms with Crippen LogP contribution in [-0.2, 0) is 48.4 Å². The van der Waals surface area contributed by atoms with Crippen LogP contribution in [0.5, 0.6) is 0 Å². The van der Waals surface area contributed by atoms with Gasteiger partial charge in [-0.05, 0) is 42.9 Å². The summed E-state index contributed by atoms with van der Waals surface area (Å²) in [7, 11) is 0. The van der Waals surface area contributed by atoms with Gasteiger partial charge in [0.25, 0.3) is 0 Å². The van der Waals surface area contributed by atoms with Gasteiger partial charge >= 0.3 is 18.0 Å². The van der Waals surface area contributed by atoms with Crippen LogP contribution in [0, 0.1) is 0 Å². The van der Waals surface area contributed by atoms with Gasteiger partial charge in [0.1, 0.15) is 31.9 Å². The number of amides is 2. The number of benzene rings is 3. The molecule has 42 heavy (non-hydrogen) atoms. The Morgan fingerprint density at radius 3 is 1.60 bits per heavy atom. The number of rotatable bonds is 15. The summed E-state index contributed by atoms with van der Waals surface area (Å²) in [5, 5.41) is 5.12. The van der Waals surface area contributed by atoms with E-state index in [-0.39, 0.29) is 32.7 Å². The van der Waals surface area contributed by atoms with Crippen LogP contribution < -0.4 is 16.4 Å². The SMILES string of the molecule is C[C@@H](NC(=O)[C@H](N)CCC[C@H](NC(=O)OCc1ccccc1)C(=O)OCc1ccccc1)C(=O)OCc1ccccc1. The number of carbonyl (C=O) groups is 4. The van der Waals surface area contributed by atoms with Crippen molar-refractivity contribution in [1.29, 1.82) is 0 Å². The first-order valence-electron chi connectivity index (χ1n) is 13.8. The standard InChI is InChI=1S/C32H37N3O7/c1-23(30(37)40-20-24-12-5-2-6-13-24)34-29(36)27(33)18-11-19-28(31(38)41-21-25-14-7-3-8-15-25)35-32(39)42-22-26-16-9-4-10-17-26/h2-10,12-17,23,27-28H,11,18-22,33H2,1H3,(H,34,36)(H,35,39)/t23-,27-,28+/m1/s1. The van der Waals surface area contributed by atoms with Gasteiger partial charge in [0.05, 0.1) is 6.04 Å². The van der Waals surface area contributed by atoms with Gasteiger partial charge in [0.2, 0.25) is 5.91 Å². The summed E-state index contributed by atoms with van der Waals surface area (Å²) in [5.74, 6) is -1.75. The summed E-state index contributed by atoms with van der Waals surface area (Å²) in [6, 6.07) is 24.6. The lowest BCUT2D eigenvalue weighted by atomic mass is 10.0. The highest BCUT2D eigenvalue weighted by Gasteiger charge is 2.25. The number of nitrogens with one attached hydrogen (secondary N) is 2. The predicted octanol–water partition coefficient (Wildman–Crippen LogP) is 3.77. The van der Waals surface area contributed by atoms with E-state index in [2.05, 4.69) is 10.6 Å². The van der Waals surface area contributed by atoms with Crippen molar-refractivity contribution in [2.45, 2.75) is 64.1 Å². The van der Waals surface area contributed by atoms with Crippen LogP contribution in [0.1, 0.15) is 42.9 Å². The summed E-state index contributed by atoms with van der Waals surface area (Å²) in [6.07, 6.45) is -0.110. The molecule has 0 heterocycles. The van der Waals surface area contributed by atoms with Crippen LogP contribution in [0.25, 0.3) is 0 Å². The Morgan fingerprint density at radius 2 is 1.10 bits per heavy atom. The van der Waals surface area contributed by atoms with Gasteiger partial charge in [-0.3, -0.25) is 4.79 Å². The predicted molar refractivity (Wildman–Crippen MR) is 155 cm³/mol. The zero-order chi connectivity index (χ0) is 30.2. The Kier molecular flexibility index (Phi) is 13.0. The van der Waals surface area contributed by atoms with E-state index in [1.54, 1.807) is 0 Å². The van der Waals surface area contributed by atoms with E-state index in [4.69, 9.17) is 19.9 Å². The number of alkyl carbamates (subject to hydrolysis) is 1. The number of hydrogen-bond donors (Lipinski definition) is 3. The van der Waals surface area contributed by atoms with Gasteiger partial charge in [-0.15, -0.1) is 0 Å². The van der Waals surface area contributed by atoms with Crippen molar-refractivity contribution >= 4 is 23.9 Å². The van der Waals surface area contributed by atoms with Crippen LogP contribution in [-0.4, -0.2) is 42.1 Å². The molecule has 0 spiro atoms. The lowest BCUT2D eigenvalue weighted by molar-refractivity contribution is -0.149. The molecule has 3 aromatic rings. The minimum Gasteiger partial charge on any atom is -0.459 e. The van der Waals surface area contributed by atoms with E-state index in [1.807, 2.05) is 91.0 Å². The molecule has 10 heteroatoms. The van der Waals surface area contributed by atoms with Crippen molar-refractivity contribution in [3.8, 4) is 0 Å². The van der Waals surface area contributed by atoms with Crippen molar-refractivity contribution in [2.24, 2.45) is 5.73 Å². The molecule has 0 unspecified atom stereocenters. The number of esters is 2. The monoisotopic (exact) mass is 575 g/mol. The average Bonchev–Trinajstić information content (AvgIpc) is 3.02. The molecule has 10 nitrogen and oxygen atoms in total. The molecular formula is C32H37N3O7. The third-order valence-electron chi connectivity index (χ3n) is 6.29. The maximum Gasteiger partial charge on any atom is 0.408 e. The van der Waals surface area contributed by atoms with Gasteiger partial charge < -0.3 is 30.6 Å². The molecule has 2 amide bonds. The molecule has 0 aromatic heterocycles. The number of nitrogens with two attached hydrogens (primary N) is 1. The average molecular weight is 576 g/mol. The molecule has 0 fully saturated rings. The van der Waals surface area contributed by atoms with Crippen molar-refractivity contribution in [2.75, 3.05) is 0 Å². The first kappa shape index (κ1) is 31.8. The number of ether oxygens (including phenoxy) is 3. The topological polar surface area (TPSA) is 146 Å². The normalized spacial score (nSPS) is 12.7. The van der Waals surface area contributed by atoms with E-state index in [0.29, 0.717) is 6.42 Å². The van der Waals surface area contributed by atoms with Gasteiger partial charge in [-0.2, -0.15) is 0 Å². The molecule has 0 saturated carbocycles. The lowest BCUT2D eigenvalue weighted by Crippen LogP contribution is -2.48. The summed E-state index contributed by atoms with van der Waals surface area (Å²) in [5.41, 5.74) is 8.47. The zero-order valence-electron chi connectivity index (χ0n) is 23.6. The molecule has 3 rings (SSSR count). The molecule has 0 saturated heterocycles. The number of hydrogen-bond acceptors (Lipinski definition) is 8. The molecule has 0 aliphatic heterocycles. The Labute approximate surface area is 245 Å². The smallest absolute Gasteiger partial charge is 0.408 e. The molecule has 0 radical (unpaired) electrons. The molecule has 4 N–H and O–H groups in total. The second-order valence-corrected chi connectivity index (χ2v) is 9.71. The Hall–Kier alpha value is -4.70. The van der Waals surface area contributed by atoms with Gasteiger partial charge in [-0.1, -0.05) is 91.0 Å². The van der Waals surface area contributed by atoms with Crippen molar-refractivity contribution in [1.82, 2.24) is 10.6 Å². The molecule has 0 aliphatic rings. The molecule has 3 aromatic carbocycles. The largest absolute Gasteiger partial charge is 0.459 e. The summed E-state index contributed by atoms with van der Waals surface area (Å²) in [4.78, 5) is 50.2. The van der Waals surface area contributed by atoms with Gasteiger partial charge in [-0.25, -0.2) is 14.4 Å². The summed E-state index contributed by atoms with van der Waals surface area (Å²) >= 11 is 0. The summed E-state index contributed by atoms with van der Waals surface area (Å²) < 4.78 is 15.9. The first-order chi connectivity index (χ1) is 20.3. The quantitative estimate of drug-likeness (QED) is 0.183. The molecule has 0 aliphatic carbocycles. The van der Waals surface area contributed by atoms with Crippen molar-refractivity contribution in [3.05, 3.63) is 108 Å². The maximum absolute atomic E-state index is 12.9. The zero-order valence-corrected chi connectivity index (χ0v) is 23.6. The Balaban J connectivity index is 1.47. The highest BCUT2D eigenvalue weighted by molar-refractivity contribution is 5.87. The minimum atomic E-state index is -1.01. The fourth-order valence-corrected chi connectivity index (χ4v) is 3.89. The van der Waals surface area contributed by atoms with E-state index >= 15 is 0 Å². The van der Waals surface area contributed by atoms with Crippen molar-refractivity contribution < 1.29 is 33.4 Å². The van der Waals surface area contributed by atoms with Crippen molar-refractivity contribution in [3.63, 3.8) is 0 Å². The van der Waals surface area contributed by atoms with E-state index in [9.17, 15) is 19.2 Å². The summed E-state index contributed by atoms with van der Waals surface area (Å²) in [6.45, 7) is 1.68. The lowest BCUT2D eigenvalue weighted by Gasteiger charge is -2.19. The highest BCUT2D eigenvalue weighted by Crippen LogP contribution is 2.10. The maximum atomic E-state index is 12.9. The third-order valence-corrected chi connectivity index (χ3v) is 6.29. The highest BCUT2D eigenvalue weighted by atomic mass is 16.6. The molecular weight excluding hydrogens is 538 g/mol. The molecule has 3 atom stereocenters. The molecule has 222 valence electrons. The molecule has 0 bridgehead atoms. The van der Waals surface area contributed by atoms with Gasteiger partial charge in [0, 0.05) is 0 Å². The van der Waals surface area contributed by atoms with Crippen LogP contribution in [0.3, 0.4) is 0 Å². The number of carbonyl (C=O) groups excluding carboxylic acids is 4. The minimum absolute atomic E-state index is 0.0372. The van der Waals surface area contributed by atoms with E-state index < -0.39 is 42.1 Å². The third kappa shape index (κ3) is 11.4. The second-order valence-electron chi connectivity index (χ2n) is 9.71. The van der Waals surface area contributed by atoms with Crippen LogP contribution in [0.4, 0.5) is 4.79 Å². The van der Waals surface area contributed by atoms with Crippen LogP contribution in [0.15, 0.2) is 91.0 Å². The first-order valence-corrected chi connectivity index (χ1v) is 13.8. The van der Waals surface area contributed by atoms with Crippen LogP contribution >= 0.6 is 0 Å². The Bertz CT molecular complexity index is 1270. The Morgan fingerprint density at radius 1 is 0.643 bits per heavy atom. The van der Waals surface area contributed by atoms with E-state index in [1.165, 1.54) is 6.92 Å².